The fourth-order valence-corrected chi connectivity index (χ4v) is 1.53. The van der Waals surface area contributed by atoms with Crippen LogP contribution in [0.5, 0.6) is 0 Å². The van der Waals surface area contributed by atoms with E-state index in [9.17, 15) is 0 Å². The zero-order valence-electron chi connectivity index (χ0n) is 4.72. The first kappa shape index (κ1) is 5.00. The Bertz CT molecular complexity index is 279. The molecule has 0 atom stereocenters. The first-order chi connectivity index (χ1) is 4.47. The summed E-state index contributed by atoms with van der Waals surface area (Å²) in [5, 5.41) is 3.26. The van der Waals surface area contributed by atoms with E-state index >= 15 is 0 Å². The smallest absolute Gasteiger partial charge is 0.0355 e. The summed E-state index contributed by atoms with van der Waals surface area (Å²) in [5.41, 5.74) is 0. The molecule has 0 amide bonds. The van der Waals surface area contributed by atoms with E-state index in [1.165, 1.54) is 10.1 Å². The van der Waals surface area contributed by atoms with Crippen LogP contribution in [0.2, 0.25) is 0 Å². The molecule has 2 radical (unpaired) electrons. The molecule has 0 aliphatic rings. The fourth-order valence-electron chi connectivity index (χ4n) is 0.789. The molecule has 0 nitrogen and oxygen atoms in total. The standard InChI is InChI=1S/C8H4S/c1-2-4-8-7(3-1)5-6-9-8/h1,4-6H. The molecular weight excluding hydrogens is 128 g/mol. The van der Waals surface area contributed by atoms with Gasteiger partial charge in [0.2, 0.25) is 0 Å². The van der Waals surface area contributed by atoms with E-state index in [2.05, 4.69) is 23.6 Å². The highest BCUT2D eigenvalue weighted by Gasteiger charge is 1.88. The van der Waals surface area contributed by atoms with Crippen LogP contribution in [0.15, 0.2) is 23.6 Å². The average Bonchev–Trinajstić information content (AvgIpc) is 2.33. The van der Waals surface area contributed by atoms with E-state index < -0.39 is 0 Å². The van der Waals surface area contributed by atoms with Crippen molar-refractivity contribution in [3.63, 3.8) is 0 Å². The van der Waals surface area contributed by atoms with Crippen molar-refractivity contribution < 1.29 is 0 Å². The molecule has 0 saturated heterocycles. The molecule has 0 N–H and O–H groups in total. The van der Waals surface area contributed by atoms with Gasteiger partial charge in [-0.05, 0) is 35.7 Å². The predicted molar refractivity (Wildman–Crippen MR) is 39.5 cm³/mol. The zero-order valence-corrected chi connectivity index (χ0v) is 5.53. The van der Waals surface area contributed by atoms with Gasteiger partial charge in [0, 0.05) is 10.1 Å². The first-order valence-corrected chi connectivity index (χ1v) is 3.60. The van der Waals surface area contributed by atoms with Crippen LogP contribution in [-0.4, -0.2) is 0 Å². The Kier molecular flexibility index (Phi) is 1.03. The minimum atomic E-state index is 1.19. The Morgan fingerprint density at radius 1 is 1.44 bits per heavy atom. The third-order valence-electron chi connectivity index (χ3n) is 1.22. The summed E-state index contributed by atoms with van der Waals surface area (Å²) >= 11 is 1.72. The van der Waals surface area contributed by atoms with Crippen molar-refractivity contribution in [2.45, 2.75) is 0 Å². The Hall–Kier alpha value is -0.820. The molecule has 1 heterocycles. The molecule has 0 spiro atoms. The number of benzene rings is 1. The van der Waals surface area contributed by atoms with Crippen molar-refractivity contribution in [1.29, 1.82) is 0 Å². The van der Waals surface area contributed by atoms with Gasteiger partial charge in [-0.3, -0.25) is 0 Å². The van der Waals surface area contributed by atoms with Crippen molar-refractivity contribution >= 4 is 21.4 Å². The molecule has 0 fully saturated rings. The van der Waals surface area contributed by atoms with Gasteiger partial charge in [-0.1, -0.05) is 0 Å². The topological polar surface area (TPSA) is 0 Å². The molecule has 2 aromatic rings. The summed E-state index contributed by atoms with van der Waals surface area (Å²) in [7, 11) is 0. The molecule has 0 saturated carbocycles. The molecule has 0 unspecified atom stereocenters. The predicted octanol–water partition coefficient (Wildman–Crippen LogP) is 2.50. The fraction of sp³-hybridized carbons (Fsp3) is 0. The van der Waals surface area contributed by atoms with Crippen LogP contribution in [0.1, 0.15) is 0 Å². The second-order valence-electron chi connectivity index (χ2n) is 1.80. The van der Waals surface area contributed by atoms with Crippen LogP contribution in [0.3, 0.4) is 0 Å². The molecule has 0 aliphatic carbocycles. The zero-order chi connectivity index (χ0) is 6.10. The van der Waals surface area contributed by atoms with Gasteiger partial charge in [-0.15, -0.1) is 11.3 Å². The van der Waals surface area contributed by atoms with Crippen LogP contribution in [0.4, 0.5) is 0 Å². The normalized spacial score (nSPS) is 10.2. The van der Waals surface area contributed by atoms with Crippen molar-refractivity contribution in [3.05, 3.63) is 35.7 Å². The molecule has 1 aromatic carbocycles. The van der Waals surface area contributed by atoms with Gasteiger partial charge in [0.25, 0.3) is 0 Å². The molecule has 1 aromatic heterocycles. The molecular formula is C8H4S. The van der Waals surface area contributed by atoms with Crippen LogP contribution >= 0.6 is 11.3 Å². The lowest BCUT2D eigenvalue weighted by molar-refractivity contribution is 1.81. The lowest BCUT2D eigenvalue weighted by Gasteiger charge is -1.80. The maximum absolute atomic E-state index is 3.09. The highest BCUT2D eigenvalue weighted by molar-refractivity contribution is 7.17. The van der Waals surface area contributed by atoms with Crippen LogP contribution in [-0.2, 0) is 0 Å². The van der Waals surface area contributed by atoms with Gasteiger partial charge in [-0.25, -0.2) is 0 Å². The number of hydrogen-bond acceptors (Lipinski definition) is 1. The molecule has 0 aliphatic heterocycles. The Labute approximate surface area is 57.8 Å². The molecule has 1 heteroatoms. The lowest BCUT2D eigenvalue weighted by atomic mass is 10.3. The van der Waals surface area contributed by atoms with Crippen molar-refractivity contribution in [1.82, 2.24) is 0 Å². The SMILES string of the molecule is [c]1c[c]c2ccsc2c1. The minimum absolute atomic E-state index is 1.19. The van der Waals surface area contributed by atoms with Crippen LogP contribution in [0, 0.1) is 12.1 Å². The summed E-state index contributed by atoms with van der Waals surface area (Å²) < 4.78 is 1.26. The Balaban J connectivity index is 2.95. The lowest BCUT2D eigenvalue weighted by Crippen LogP contribution is -1.58. The summed E-state index contributed by atoms with van der Waals surface area (Å²) in [6.45, 7) is 0. The van der Waals surface area contributed by atoms with Crippen molar-refractivity contribution in [3.8, 4) is 0 Å². The van der Waals surface area contributed by atoms with E-state index in [1.54, 1.807) is 11.3 Å². The monoisotopic (exact) mass is 132 g/mol. The van der Waals surface area contributed by atoms with Crippen LogP contribution in [0.25, 0.3) is 10.1 Å². The second-order valence-corrected chi connectivity index (χ2v) is 2.75. The average molecular weight is 132 g/mol. The highest BCUT2D eigenvalue weighted by Crippen LogP contribution is 2.18. The Morgan fingerprint density at radius 3 is 3.33 bits per heavy atom. The number of rotatable bonds is 0. The number of hydrogen-bond donors (Lipinski definition) is 0. The Morgan fingerprint density at radius 2 is 2.44 bits per heavy atom. The minimum Gasteiger partial charge on any atom is -0.144 e. The third-order valence-corrected chi connectivity index (χ3v) is 2.08. The van der Waals surface area contributed by atoms with E-state index in [0.29, 0.717) is 0 Å². The van der Waals surface area contributed by atoms with Gasteiger partial charge in [0.1, 0.15) is 0 Å². The summed E-state index contributed by atoms with van der Waals surface area (Å²) in [5.74, 6) is 0. The van der Waals surface area contributed by atoms with Crippen molar-refractivity contribution in [2.75, 3.05) is 0 Å². The van der Waals surface area contributed by atoms with Crippen molar-refractivity contribution in [2.24, 2.45) is 0 Å². The first-order valence-electron chi connectivity index (χ1n) is 2.72. The summed E-state index contributed by atoms with van der Waals surface area (Å²) in [4.78, 5) is 0. The molecule has 9 heavy (non-hydrogen) atoms. The van der Waals surface area contributed by atoms with E-state index in [1.807, 2.05) is 12.1 Å². The summed E-state index contributed by atoms with van der Waals surface area (Å²) in [6, 6.07) is 11.9. The second kappa shape index (κ2) is 1.85. The van der Waals surface area contributed by atoms with Gasteiger partial charge in [-0.2, -0.15) is 0 Å². The maximum Gasteiger partial charge on any atom is 0.0355 e. The highest BCUT2D eigenvalue weighted by atomic mass is 32.1. The van der Waals surface area contributed by atoms with Gasteiger partial charge in [0.05, 0.1) is 0 Å². The number of thiophene rings is 1. The maximum atomic E-state index is 3.09. The number of fused-ring (bicyclic) bond motifs is 1. The van der Waals surface area contributed by atoms with Gasteiger partial charge >= 0.3 is 0 Å². The van der Waals surface area contributed by atoms with Crippen LogP contribution < -0.4 is 0 Å². The van der Waals surface area contributed by atoms with E-state index in [0.717, 1.165) is 0 Å². The molecule has 2 rings (SSSR count). The van der Waals surface area contributed by atoms with Gasteiger partial charge in [0.15, 0.2) is 0 Å². The molecule has 0 bridgehead atoms. The van der Waals surface area contributed by atoms with E-state index in [4.69, 9.17) is 0 Å². The summed E-state index contributed by atoms with van der Waals surface area (Å²) in [6.07, 6.45) is 0. The van der Waals surface area contributed by atoms with Gasteiger partial charge < -0.3 is 0 Å². The molecule has 42 valence electrons. The van der Waals surface area contributed by atoms with E-state index in [-0.39, 0.29) is 0 Å². The largest absolute Gasteiger partial charge is 0.144 e. The quantitative estimate of drug-likeness (QED) is 0.516. The third kappa shape index (κ3) is 0.736.